The summed E-state index contributed by atoms with van der Waals surface area (Å²) >= 11 is 5.82. The number of nitrogens with zero attached hydrogens (tertiary/aromatic N) is 5. The van der Waals surface area contributed by atoms with E-state index in [9.17, 15) is 18.5 Å². The van der Waals surface area contributed by atoms with Crippen molar-refractivity contribution in [2.45, 2.75) is 4.90 Å². The quantitative estimate of drug-likeness (QED) is 0.403. The molecule has 0 amide bonds. The molecule has 11 heteroatoms. The van der Waals surface area contributed by atoms with Gasteiger partial charge in [0.15, 0.2) is 15.7 Å². The Morgan fingerprint density at radius 1 is 1.18 bits per heavy atom. The number of hydrogen-bond donors (Lipinski definition) is 0. The van der Waals surface area contributed by atoms with Crippen LogP contribution in [-0.4, -0.2) is 32.3 Å². The van der Waals surface area contributed by atoms with Gasteiger partial charge in [0, 0.05) is 6.07 Å². The van der Waals surface area contributed by atoms with Crippen molar-refractivity contribution in [1.82, 2.24) is 18.9 Å². The molecule has 0 fully saturated rings. The Kier molecular flexibility index (Phi) is 3.26. The first-order valence-electron chi connectivity index (χ1n) is 5.75. The second kappa shape index (κ2) is 5.00. The summed E-state index contributed by atoms with van der Waals surface area (Å²) in [6, 6.07) is 5.01. The molecule has 22 heavy (non-hydrogen) atoms. The number of halogens is 1. The molecule has 0 bridgehead atoms. The number of nitro benzene ring substituents is 1. The van der Waals surface area contributed by atoms with E-state index in [-0.39, 0.29) is 16.3 Å². The standard InChI is InChI=1S/C11H6ClN5O4S/c12-10-9-11(14-5-13-10)16(6-15-9)22(20,21)8-4-2-1-3-7(8)17(18)19/h1-6H. The number of imidazole rings is 1. The van der Waals surface area contributed by atoms with Crippen molar-refractivity contribution >= 4 is 38.5 Å². The normalized spacial score (nSPS) is 11.7. The van der Waals surface area contributed by atoms with Crippen molar-refractivity contribution in [2.24, 2.45) is 0 Å². The number of para-hydroxylation sites is 1. The zero-order valence-electron chi connectivity index (χ0n) is 10.6. The first-order chi connectivity index (χ1) is 10.4. The molecule has 2 heterocycles. The van der Waals surface area contributed by atoms with Gasteiger partial charge in [-0.1, -0.05) is 23.7 Å². The zero-order chi connectivity index (χ0) is 15.9. The van der Waals surface area contributed by atoms with E-state index >= 15 is 0 Å². The Hall–Kier alpha value is -2.59. The van der Waals surface area contributed by atoms with Crippen LogP contribution in [0.25, 0.3) is 11.2 Å². The Labute approximate surface area is 128 Å². The van der Waals surface area contributed by atoms with Gasteiger partial charge >= 0.3 is 0 Å². The molecule has 1 aromatic carbocycles. The van der Waals surface area contributed by atoms with Gasteiger partial charge in [-0.05, 0) is 6.07 Å². The highest BCUT2D eigenvalue weighted by Gasteiger charge is 2.29. The lowest BCUT2D eigenvalue weighted by Crippen LogP contribution is -2.14. The lowest BCUT2D eigenvalue weighted by Gasteiger charge is -2.06. The molecule has 0 radical (unpaired) electrons. The molecule has 112 valence electrons. The van der Waals surface area contributed by atoms with Crippen LogP contribution in [0.4, 0.5) is 5.69 Å². The molecule has 2 aromatic heterocycles. The fraction of sp³-hybridized carbons (Fsp3) is 0. The molecule has 0 N–H and O–H groups in total. The van der Waals surface area contributed by atoms with Crippen LogP contribution >= 0.6 is 11.6 Å². The van der Waals surface area contributed by atoms with E-state index in [0.717, 1.165) is 28.8 Å². The largest absolute Gasteiger partial charge is 0.289 e. The lowest BCUT2D eigenvalue weighted by molar-refractivity contribution is -0.387. The predicted octanol–water partition coefficient (Wildman–Crippen LogP) is 1.62. The zero-order valence-corrected chi connectivity index (χ0v) is 12.2. The second-order valence-corrected chi connectivity index (χ2v) is 6.25. The Morgan fingerprint density at radius 2 is 1.91 bits per heavy atom. The number of aromatic nitrogens is 4. The van der Waals surface area contributed by atoms with Crippen LogP contribution in [0, 0.1) is 10.1 Å². The summed E-state index contributed by atoms with van der Waals surface area (Å²) in [7, 11) is -4.25. The van der Waals surface area contributed by atoms with E-state index in [1.165, 1.54) is 12.1 Å². The summed E-state index contributed by atoms with van der Waals surface area (Å²) in [4.78, 5) is 21.2. The van der Waals surface area contributed by atoms with Gasteiger partial charge in [-0.3, -0.25) is 10.1 Å². The van der Waals surface area contributed by atoms with Crippen LogP contribution < -0.4 is 0 Å². The molecule has 0 saturated heterocycles. The summed E-state index contributed by atoms with van der Waals surface area (Å²) < 4.78 is 26.1. The molecule has 0 aliphatic heterocycles. The third-order valence-corrected chi connectivity index (χ3v) is 4.82. The Bertz CT molecular complexity index is 1000. The molecule has 0 atom stereocenters. The van der Waals surface area contributed by atoms with Gasteiger partial charge in [-0.25, -0.2) is 27.3 Å². The minimum Gasteiger partial charge on any atom is -0.258 e. The molecule has 3 aromatic rings. The molecule has 0 aliphatic carbocycles. The smallest absolute Gasteiger partial charge is 0.258 e. The number of rotatable bonds is 3. The molecule has 3 rings (SSSR count). The van der Waals surface area contributed by atoms with Crippen molar-refractivity contribution in [2.75, 3.05) is 0 Å². The van der Waals surface area contributed by atoms with E-state index in [0.29, 0.717) is 0 Å². The monoisotopic (exact) mass is 339 g/mol. The topological polar surface area (TPSA) is 121 Å². The Morgan fingerprint density at radius 3 is 2.64 bits per heavy atom. The molecule has 9 nitrogen and oxygen atoms in total. The van der Waals surface area contributed by atoms with E-state index < -0.39 is 25.5 Å². The number of fused-ring (bicyclic) bond motifs is 1. The third-order valence-electron chi connectivity index (χ3n) is 2.86. The van der Waals surface area contributed by atoms with Gasteiger partial charge in [0.2, 0.25) is 0 Å². The number of nitro groups is 1. The van der Waals surface area contributed by atoms with E-state index in [1.54, 1.807) is 0 Å². The average molecular weight is 340 g/mol. The van der Waals surface area contributed by atoms with Crippen molar-refractivity contribution < 1.29 is 13.3 Å². The lowest BCUT2D eigenvalue weighted by atomic mass is 10.3. The molecular weight excluding hydrogens is 334 g/mol. The van der Waals surface area contributed by atoms with Crippen LogP contribution in [0.15, 0.2) is 41.8 Å². The van der Waals surface area contributed by atoms with Crippen LogP contribution in [0.3, 0.4) is 0 Å². The van der Waals surface area contributed by atoms with Crippen molar-refractivity contribution in [3.05, 3.63) is 52.2 Å². The maximum absolute atomic E-state index is 12.7. The highest BCUT2D eigenvalue weighted by Crippen LogP contribution is 2.27. The van der Waals surface area contributed by atoms with Gasteiger partial charge < -0.3 is 0 Å². The second-order valence-electron chi connectivity index (χ2n) is 4.11. The summed E-state index contributed by atoms with van der Waals surface area (Å²) in [5.41, 5.74) is -0.506. The maximum atomic E-state index is 12.7. The van der Waals surface area contributed by atoms with Gasteiger partial charge in [0.25, 0.3) is 15.7 Å². The van der Waals surface area contributed by atoms with Crippen LogP contribution in [0.5, 0.6) is 0 Å². The van der Waals surface area contributed by atoms with Crippen molar-refractivity contribution in [1.29, 1.82) is 0 Å². The molecular formula is C11H6ClN5O4S. The minimum absolute atomic E-state index is 0.0125. The van der Waals surface area contributed by atoms with Crippen molar-refractivity contribution in [3.63, 3.8) is 0 Å². The molecule has 0 saturated carbocycles. The summed E-state index contributed by atoms with van der Waals surface area (Å²) in [5.74, 6) is 0. The van der Waals surface area contributed by atoms with E-state index in [2.05, 4.69) is 15.0 Å². The molecule has 0 unspecified atom stereocenters. The van der Waals surface area contributed by atoms with Gasteiger partial charge in [-0.2, -0.15) is 0 Å². The minimum atomic E-state index is -4.25. The SMILES string of the molecule is O=[N+]([O-])c1ccccc1S(=O)(=O)n1cnc2c(Cl)ncnc21. The highest BCUT2D eigenvalue weighted by atomic mass is 35.5. The number of benzene rings is 1. The Balaban J connectivity index is 2.31. The molecule has 0 aliphatic rings. The molecule has 0 spiro atoms. The first kappa shape index (κ1) is 14.4. The van der Waals surface area contributed by atoms with Crippen LogP contribution in [-0.2, 0) is 10.0 Å². The summed E-state index contributed by atoms with van der Waals surface area (Å²) in [6.07, 6.45) is 2.06. The third kappa shape index (κ3) is 2.09. The van der Waals surface area contributed by atoms with Crippen LogP contribution in [0.2, 0.25) is 5.15 Å². The predicted molar refractivity (Wildman–Crippen MR) is 76.0 cm³/mol. The van der Waals surface area contributed by atoms with E-state index in [4.69, 9.17) is 11.6 Å². The van der Waals surface area contributed by atoms with Crippen molar-refractivity contribution in [3.8, 4) is 0 Å². The highest BCUT2D eigenvalue weighted by molar-refractivity contribution is 7.90. The van der Waals surface area contributed by atoms with Crippen LogP contribution in [0.1, 0.15) is 0 Å². The summed E-state index contributed by atoms with van der Waals surface area (Å²) in [6.45, 7) is 0. The van der Waals surface area contributed by atoms with Gasteiger partial charge in [0.1, 0.15) is 18.2 Å². The van der Waals surface area contributed by atoms with Gasteiger partial charge in [0.05, 0.1) is 4.92 Å². The average Bonchev–Trinajstić information content (AvgIpc) is 2.93. The fourth-order valence-corrected chi connectivity index (χ4v) is 3.47. The summed E-state index contributed by atoms with van der Waals surface area (Å²) in [5, 5.41) is 11.0. The van der Waals surface area contributed by atoms with Gasteiger partial charge in [-0.15, -0.1) is 0 Å². The first-order valence-corrected chi connectivity index (χ1v) is 7.57. The maximum Gasteiger partial charge on any atom is 0.289 e. The fourth-order valence-electron chi connectivity index (χ4n) is 1.89. The number of hydrogen-bond acceptors (Lipinski definition) is 7. The van der Waals surface area contributed by atoms with E-state index in [1.807, 2.05) is 0 Å².